The largest absolute Gasteiger partial charge is 0.487 e. The summed E-state index contributed by atoms with van der Waals surface area (Å²) in [4.78, 5) is 0.215. The summed E-state index contributed by atoms with van der Waals surface area (Å²) in [6.45, 7) is 0.192. The molecule has 0 unspecified atom stereocenters. The maximum atomic E-state index is 11.4. The zero-order valence-electron chi connectivity index (χ0n) is 10.1. The second kappa shape index (κ2) is 5.54. The van der Waals surface area contributed by atoms with E-state index in [1.54, 1.807) is 24.3 Å². The zero-order valence-corrected chi connectivity index (χ0v) is 11.6. The van der Waals surface area contributed by atoms with E-state index in [2.05, 4.69) is 10.2 Å². The number of benzene rings is 1. The van der Waals surface area contributed by atoms with Crippen molar-refractivity contribution in [3.8, 4) is 5.75 Å². The van der Waals surface area contributed by atoms with E-state index in [-0.39, 0.29) is 11.5 Å². The molecule has 0 N–H and O–H groups in total. The first-order chi connectivity index (χ1) is 8.95. The molecule has 2 aromatic rings. The molecule has 19 heavy (non-hydrogen) atoms. The summed E-state index contributed by atoms with van der Waals surface area (Å²) in [6.07, 6.45) is 1.15. The Hall–Kier alpha value is -1.66. The van der Waals surface area contributed by atoms with Crippen molar-refractivity contribution in [1.29, 1.82) is 0 Å². The second-order valence-electron chi connectivity index (χ2n) is 3.88. The molecule has 0 amide bonds. The van der Waals surface area contributed by atoms with Crippen LogP contribution in [0.1, 0.15) is 5.69 Å². The first-order valence-electron chi connectivity index (χ1n) is 5.36. The Morgan fingerprint density at radius 1 is 1.21 bits per heavy atom. The van der Waals surface area contributed by atoms with Gasteiger partial charge in [0.1, 0.15) is 18.1 Å². The van der Waals surface area contributed by atoms with Crippen molar-refractivity contribution in [1.82, 2.24) is 10.2 Å². The van der Waals surface area contributed by atoms with Crippen molar-refractivity contribution in [2.24, 2.45) is 0 Å². The van der Waals surface area contributed by atoms with E-state index < -0.39 is 9.84 Å². The van der Waals surface area contributed by atoms with E-state index >= 15 is 0 Å². The lowest BCUT2D eigenvalue weighted by atomic mass is 10.3. The predicted molar refractivity (Wildman–Crippen MR) is 70.9 cm³/mol. The van der Waals surface area contributed by atoms with Crippen LogP contribution in [0, 0.1) is 0 Å². The van der Waals surface area contributed by atoms with Crippen molar-refractivity contribution in [3.05, 3.63) is 47.2 Å². The molecule has 7 heteroatoms. The monoisotopic (exact) mass is 298 g/mol. The molecule has 1 aromatic carbocycles. The van der Waals surface area contributed by atoms with Crippen LogP contribution in [-0.4, -0.2) is 24.9 Å². The van der Waals surface area contributed by atoms with Crippen LogP contribution in [0.3, 0.4) is 0 Å². The third-order valence-corrected chi connectivity index (χ3v) is 3.62. The van der Waals surface area contributed by atoms with E-state index in [4.69, 9.17) is 16.3 Å². The summed E-state index contributed by atoms with van der Waals surface area (Å²) in [5.74, 6) is 0.458. The molecule has 0 aliphatic rings. The maximum absolute atomic E-state index is 11.4. The van der Waals surface area contributed by atoms with Gasteiger partial charge in [0.25, 0.3) is 0 Å². The van der Waals surface area contributed by atoms with Gasteiger partial charge in [0, 0.05) is 6.26 Å². The molecule has 1 aromatic heterocycles. The molecule has 0 aliphatic carbocycles. The van der Waals surface area contributed by atoms with Crippen molar-refractivity contribution in [3.63, 3.8) is 0 Å². The van der Waals surface area contributed by atoms with Gasteiger partial charge in [0.05, 0.1) is 4.90 Å². The minimum absolute atomic E-state index is 0.192. The fraction of sp³-hybridized carbons (Fsp3) is 0.167. The van der Waals surface area contributed by atoms with Gasteiger partial charge in [-0.05, 0) is 30.3 Å². The lowest BCUT2D eigenvalue weighted by Crippen LogP contribution is -2.01. The number of ether oxygens (including phenoxy) is 1. The number of aromatic nitrogens is 2. The molecule has 0 spiro atoms. The third-order valence-electron chi connectivity index (χ3n) is 2.31. The number of hydrogen-bond donors (Lipinski definition) is 0. The van der Waals surface area contributed by atoms with Gasteiger partial charge >= 0.3 is 0 Å². The van der Waals surface area contributed by atoms with Crippen LogP contribution in [0.5, 0.6) is 5.75 Å². The molecule has 0 atom stereocenters. The Bertz CT molecular complexity index is 672. The minimum atomic E-state index is -3.24. The summed E-state index contributed by atoms with van der Waals surface area (Å²) >= 11 is 5.62. The third kappa shape index (κ3) is 3.90. The van der Waals surface area contributed by atoms with Gasteiger partial charge in [0.2, 0.25) is 0 Å². The summed E-state index contributed by atoms with van der Waals surface area (Å²) in [6, 6.07) is 9.59. The Morgan fingerprint density at radius 3 is 2.63 bits per heavy atom. The van der Waals surface area contributed by atoms with Crippen molar-refractivity contribution in [2.75, 3.05) is 6.26 Å². The fourth-order valence-electron chi connectivity index (χ4n) is 1.37. The average Bonchev–Trinajstić information content (AvgIpc) is 2.37. The van der Waals surface area contributed by atoms with Crippen LogP contribution in [0.15, 0.2) is 41.3 Å². The summed E-state index contributed by atoms with van der Waals surface area (Å²) in [7, 11) is -3.24. The van der Waals surface area contributed by atoms with Gasteiger partial charge in [-0.2, -0.15) is 5.10 Å². The van der Waals surface area contributed by atoms with Crippen LogP contribution >= 0.6 is 11.6 Å². The van der Waals surface area contributed by atoms with E-state index in [1.807, 2.05) is 0 Å². The van der Waals surface area contributed by atoms with Gasteiger partial charge in [0.15, 0.2) is 15.0 Å². The maximum Gasteiger partial charge on any atom is 0.175 e. The molecular weight excluding hydrogens is 288 g/mol. The Labute approximate surface area is 116 Å². The van der Waals surface area contributed by atoms with Crippen LogP contribution in [-0.2, 0) is 16.4 Å². The Balaban J connectivity index is 2.10. The lowest BCUT2D eigenvalue weighted by molar-refractivity contribution is 0.299. The van der Waals surface area contributed by atoms with Gasteiger partial charge in [-0.25, -0.2) is 8.42 Å². The summed E-state index contributed by atoms with van der Waals surface area (Å²) in [5, 5.41) is 7.84. The molecule has 0 saturated carbocycles. The topological polar surface area (TPSA) is 69.2 Å². The number of rotatable bonds is 4. The molecule has 2 rings (SSSR count). The molecule has 0 radical (unpaired) electrons. The quantitative estimate of drug-likeness (QED) is 0.864. The molecule has 5 nitrogen and oxygen atoms in total. The highest BCUT2D eigenvalue weighted by Crippen LogP contribution is 2.18. The van der Waals surface area contributed by atoms with E-state index in [1.165, 1.54) is 12.1 Å². The number of halogens is 1. The first-order valence-corrected chi connectivity index (χ1v) is 7.63. The number of nitrogens with zero attached hydrogens (tertiary/aromatic N) is 2. The van der Waals surface area contributed by atoms with Crippen molar-refractivity contribution < 1.29 is 13.2 Å². The van der Waals surface area contributed by atoms with Crippen LogP contribution < -0.4 is 4.74 Å². The van der Waals surface area contributed by atoms with E-state index in [0.29, 0.717) is 16.6 Å². The van der Waals surface area contributed by atoms with E-state index in [0.717, 1.165) is 6.26 Å². The molecule has 100 valence electrons. The Morgan fingerprint density at radius 2 is 2.00 bits per heavy atom. The molecular formula is C12H11ClN2O3S. The highest BCUT2D eigenvalue weighted by atomic mass is 35.5. The van der Waals surface area contributed by atoms with E-state index in [9.17, 15) is 8.42 Å². The smallest absolute Gasteiger partial charge is 0.175 e. The highest BCUT2D eigenvalue weighted by Gasteiger charge is 2.08. The fourth-order valence-corrected chi connectivity index (χ4v) is 2.13. The predicted octanol–water partition coefficient (Wildman–Crippen LogP) is 2.11. The molecule has 0 saturated heterocycles. The van der Waals surface area contributed by atoms with Crippen molar-refractivity contribution in [2.45, 2.75) is 11.5 Å². The summed E-state index contributed by atoms with van der Waals surface area (Å²) in [5.41, 5.74) is 0.606. The number of hydrogen-bond acceptors (Lipinski definition) is 5. The standard InChI is InChI=1S/C12H11ClN2O3S/c1-19(16,17)11-4-2-3-10(7-11)18-8-9-5-6-12(13)15-14-9/h2-7H,8H2,1H3. The molecule has 0 aliphatic heterocycles. The second-order valence-corrected chi connectivity index (χ2v) is 6.29. The average molecular weight is 299 g/mol. The lowest BCUT2D eigenvalue weighted by Gasteiger charge is -2.06. The molecule has 0 bridgehead atoms. The first kappa shape index (κ1) is 13.8. The van der Waals surface area contributed by atoms with Gasteiger partial charge in [-0.3, -0.25) is 0 Å². The molecule has 1 heterocycles. The van der Waals surface area contributed by atoms with Crippen molar-refractivity contribution >= 4 is 21.4 Å². The molecule has 0 fully saturated rings. The normalized spacial score (nSPS) is 11.3. The minimum Gasteiger partial charge on any atom is -0.487 e. The van der Waals surface area contributed by atoms with Crippen LogP contribution in [0.2, 0.25) is 5.15 Å². The Kier molecular flexibility index (Phi) is 4.01. The van der Waals surface area contributed by atoms with Gasteiger partial charge in [-0.15, -0.1) is 5.10 Å². The summed E-state index contributed by atoms with van der Waals surface area (Å²) < 4.78 is 28.3. The highest BCUT2D eigenvalue weighted by molar-refractivity contribution is 7.90. The van der Waals surface area contributed by atoms with Gasteiger partial charge in [-0.1, -0.05) is 17.7 Å². The van der Waals surface area contributed by atoms with Gasteiger partial charge < -0.3 is 4.74 Å². The van der Waals surface area contributed by atoms with Crippen LogP contribution in [0.4, 0.5) is 0 Å². The SMILES string of the molecule is CS(=O)(=O)c1cccc(OCc2ccc(Cl)nn2)c1. The zero-order chi connectivity index (χ0) is 13.9. The van der Waals surface area contributed by atoms with Crippen LogP contribution in [0.25, 0.3) is 0 Å². The number of sulfone groups is 1.